The van der Waals surface area contributed by atoms with Crippen LogP contribution in [0.4, 0.5) is 0 Å². The summed E-state index contributed by atoms with van der Waals surface area (Å²) >= 11 is 0. The first-order valence-corrected chi connectivity index (χ1v) is 4.72. The normalized spacial score (nSPS) is 21.2. The van der Waals surface area contributed by atoms with Gasteiger partial charge in [0.15, 0.2) is 0 Å². The van der Waals surface area contributed by atoms with Gasteiger partial charge in [0.1, 0.15) is 5.76 Å². The molecule has 1 heterocycles. The smallest absolute Gasteiger partial charge is 0.126 e. The third-order valence-electron chi connectivity index (χ3n) is 2.93. The number of hydrogen-bond acceptors (Lipinski definition) is 2. The van der Waals surface area contributed by atoms with E-state index in [1.807, 2.05) is 18.2 Å². The van der Waals surface area contributed by atoms with Gasteiger partial charge in [0, 0.05) is 5.54 Å². The van der Waals surface area contributed by atoms with Crippen LogP contribution in [-0.2, 0) is 0 Å². The first-order chi connectivity index (χ1) is 6.21. The van der Waals surface area contributed by atoms with Gasteiger partial charge in [-0.25, -0.2) is 0 Å². The minimum Gasteiger partial charge on any atom is -0.465 e. The Morgan fingerprint density at radius 3 is 2.85 bits per heavy atom. The lowest BCUT2D eigenvalue weighted by molar-refractivity contribution is 0.300. The van der Waals surface area contributed by atoms with Crippen LogP contribution >= 0.6 is 0 Å². The monoisotopic (exact) mass is 177 g/mol. The Kier molecular flexibility index (Phi) is 2.00. The van der Waals surface area contributed by atoms with E-state index in [-0.39, 0.29) is 5.54 Å². The maximum Gasteiger partial charge on any atom is 0.126 e. The van der Waals surface area contributed by atoms with Gasteiger partial charge in [-0.15, -0.1) is 0 Å². The quantitative estimate of drug-likeness (QED) is 0.754. The number of hydrogen-bond donors (Lipinski definition) is 1. The number of furan rings is 1. The number of nitrogens with two attached hydrogens (primary N) is 1. The summed E-state index contributed by atoms with van der Waals surface area (Å²) < 4.78 is 5.24. The molecular weight excluding hydrogens is 162 g/mol. The first kappa shape index (κ1) is 8.57. The van der Waals surface area contributed by atoms with Crippen LogP contribution in [-0.4, -0.2) is 5.54 Å². The zero-order valence-corrected chi connectivity index (χ0v) is 7.92. The summed E-state index contributed by atoms with van der Waals surface area (Å²) in [6, 6.07) is 3.84. The van der Waals surface area contributed by atoms with Crippen LogP contribution in [0.2, 0.25) is 0 Å². The second kappa shape index (κ2) is 3.04. The topological polar surface area (TPSA) is 39.2 Å². The van der Waals surface area contributed by atoms with Crippen LogP contribution in [0.25, 0.3) is 6.08 Å². The number of rotatable bonds is 2. The molecule has 0 unspecified atom stereocenters. The van der Waals surface area contributed by atoms with Gasteiger partial charge < -0.3 is 10.2 Å². The highest BCUT2D eigenvalue weighted by molar-refractivity contribution is 5.50. The summed E-state index contributed by atoms with van der Waals surface area (Å²) in [5.74, 6) is 0.897. The lowest BCUT2D eigenvalue weighted by atomic mass is 9.72. The van der Waals surface area contributed by atoms with E-state index in [9.17, 15) is 0 Å². The van der Waals surface area contributed by atoms with Gasteiger partial charge in [0.05, 0.1) is 6.26 Å². The minimum atomic E-state index is -0.0488. The average Bonchev–Trinajstić information content (AvgIpc) is 2.52. The first-order valence-electron chi connectivity index (χ1n) is 4.72. The second-order valence-electron chi connectivity index (χ2n) is 3.85. The molecule has 2 heteroatoms. The Morgan fingerprint density at radius 1 is 1.62 bits per heavy atom. The molecule has 1 aliphatic carbocycles. The molecule has 13 heavy (non-hydrogen) atoms. The molecule has 2 N–H and O–H groups in total. The van der Waals surface area contributed by atoms with Crippen LogP contribution in [0.1, 0.15) is 31.9 Å². The van der Waals surface area contributed by atoms with E-state index in [1.165, 1.54) is 12.0 Å². The molecule has 0 saturated heterocycles. The van der Waals surface area contributed by atoms with Crippen molar-refractivity contribution in [2.75, 3.05) is 0 Å². The summed E-state index contributed by atoms with van der Waals surface area (Å²) in [6.45, 7) is 2.08. The predicted molar refractivity (Wildman–Crippen MR) is 53.1 cm³/mol. The van der Waals surface area contributed by atoms with E-state index in [4.69, 9.17) is 10.2 Å². The molecule has 2 rings (SSSR count). The van der Waals surface area contributed by atoms with E-state index in [0.29, 0.717) is 0 Å². The van der Waals surface area contributed by atoms with Crippen LogP contribution in [0, 0.1) is 0 Å². The Hall–Kier alpha value is -1.02. The molecule has 0 amide bonds. The van der Waals surface area contributed by atoms with Crippen molar-refractivity contribution in [2.24, 2.45) is 5.73 Å². The third kappa shape index (κ3) is 1.54. The molecule has 0 bridgehead atoms. The molecular formula is C11H15NO. The molecule has 1 aliphatic rings. The molecule has 0 aliphatic heterocycles. The Morgan fingerprint density at radius 2 is 2.38 bits per heavy atom. The summed E-state index contributed by atoms with van der Waals surface area (Å²) in [7, 11) is 0. The molecule has 70 valence electrons. The van der Waals surface area contributed by atoms with Crippen molar-refractivity contribution < 1.29 is 4.42 Å². The molecule has 0 aromatic carbocycles. The van der Waals surface area contributed by atoms with Crippen molar-refractivity contribution in [2.45, 2.75) is 31.7 Å². The van der Waals surface area contributed by atoms with Gasteiger partial charge in [-0.3, -0.25) is 0 Å². The third-order valence-corrected chi connectivity index (χ3v) is 2.93. The van der Waals surface area contributed by atoms with Crippen LogP contribution in [0.3, 0.4) is 0 Å². The van der Waals surface area contributed by atoms with Crippen LogP contribution in [0.5, 0.6) is 0 Å². The lowest BCUT2D eigenvalue weighted by Crippen LogP contribution is -2.47. The van der Waals surface area contributed by atoms with E-state index < -0.39 is 0 Å². The fourth-order valence-corrected chi connectivity index (χ4v) is 1.68. The van der Waals surface area contributed by atoms with Crippen molar-refractivity contribution in [1.29, 1.82) is 0 Å². The van der Waals surface area contributed by atoms with Crippen molar-refractivity contribution in [3.05, 3.63) is 29.7 Å². The molecule has 1 fully saturated rings. The Bertz CT molecular complexity index is 307. The fourth-order valence-electron chi connectivity index (χ4n) is 1.68. The molecule has 1 aromatic heterocycles. The highest BCUT2D eigenvalue weighted by Crippen LogP contribution is 2.36. The molecule has 0 atom stereocenters. The summed E-state index contributed by atoms with van der Waals surface area (Å²) in [4.78, 5) is 0. The van der Waals surface area contributed by atoms with Crippen LogP contribution in [0.15, 0.2) is 28.4 Å². The van der Waals surface area contributed by atoms with Crippen molar-refractivity contribution in [3.8, 4) is 0 Å². The average molecular weight is 177 g/mol. The zero-order valence-electron chi connectivity index (χ0n) is 7.92. The van der Waals surface area contributed by atoms with Gasteiger partial charge in [0.25, 0.3) is 0 Å². The van der Waals surface area contributed by atoms with Gasteiger partial charge in [-0.05, 0) is 50.0 Å². The maximum absolute atomic E-state index is 6.15. The van der Waals surface area contributed by atoms with Crippen molar-refractivity contribution >= 4 is 6.08 Å². The van der Waals surface area contributed by atoms with E-state index >= 15 is 0 Å². The van der Waals surface area contributed by atoms with Gasteiger partial charge in [-0.2, -0.15) is 0 Å². The predicted octanol–water partition coefficient (Wildman–Crippen LogP) is 2.56. The van der Waals surface area contributed by atoms with E-state index in [0.717, 1.165) is 18.6 Å². The van der Waals surface area contributed by atoms with Gasteiger partial charge in [0.2, 0.25) is 0 Å². The summed E-state index contributed by atoms with van der Waals surface area (Å²) in [5.41, 5.74) is 7.33. The molecule has 1 aromatic rings. The van der Waals surface area contributed by atoms with E-state index in [2.05, 4.69) is 6.92 Å². The van der Waals surface area contributed by atoms with Crippen molar-refractivity contribution in [1.82, 2.24) is 0 Å². The largest absolute Gasteiger partial charge is 0.465 e. The molecule has 0 spiro atoms. The Labute approximate surface area is 78.4 Å². The van der Waals surface area contributed by atoms with Crippen LogP contribution < -0.4 is 5.73 Å². The highest BCUT2D eigenvalue weighted by atomic mass is 16.3. The van der Waals surface area contributed by atoms with Gasteiger partial charge >= 0.3 is 0 Å². The minimum absolute atomic E-state index is 0.0488. The zero-order chi connectivity index (χ0) is 9.31. The van der Waals surface area contributed by atoms with E-state index in [1.54, 1.807) is 6.26 Å². The standard InChI is InChI=1S/C11H15NO/c1-9(11(12)5-3-6-11)8-10-4-2-7-13-10/h2,4,7-8H,3,5-6,12H2,1H3/b9-8-. The fraction of sp³-hybridized carbons (Fsp3) is 0.455. The molecule has 0 radical (unpaired) electrons. The van der Waals surface area contributed by atoms with Crippen molar-refractivity contribution in [3.63, 3.8) is 0 Å². The summed E-state index contributed by atoms with van der Waals surface area (Å²) in [5, 5.41) is 0. The molecule has 2 nitrogen and oxygen atoms in total. The lowest BCUT2D eigenvalue weighted by Gasteiger charge is -2.39. The molecule has 1 saturated carbocycles. The van der Waals surface area contributed by atoms with Gasteiger partial charge in [-0.1, -0.05) is 0 Å². The second-order valence-corrected chi connectivity index (χ2v) is 3.85. The summed E-state index contributed by atoms with van der Waals surface area (Å²) in [6.07, 6.45) is 7.19. The highest BCUT2D eigenvalue weighted by Gasteiger charge is 2.33. The Balaban J connectivity index is 2.16. The SMILES string of the molecule is C/C(=C/c1ccco1)C1(N)CCC1. The maximum atomic E-state index is 6.15.